The van der Waals surface area contributed by atoms with Gasteiger partial charge in [0.25, 0.3) is 0 Å². The number of methoxy groups -OCH3 is 2. The maximum absolute atomic E-state index is 5.30. The van der Waals surface area contributed by atoms with Gasteiger partial charge in [-0.05, 0) is 77.7 Å². The zero-order valence-electron chi connectivity index (χ0n) is 17.1. The van der Waals surface area contributed by atoms with Gasteiger partial charge < -0.3 is 14.8 Å². The summed E-state index contributed by atoms with van der Waals surface area (Å²) >= 11 is 0. The molecule has 29 heavy (non-hydrogen) atoms. The number of benzene rings is 2. The molecule has 1 aromatic heterocycles. The van der Waals surface area contributed by atoms with Crippen LogP contribution in [0.4, 0.5) is 5.69 Å². The topological polar surface area (TPSA) is 74.1 Å². The van der Waals surface area contributed by atoms with E-state index in [0.717, 1.165) is 48.0 Å². The Balaban J connectivity index is 1.75. The molecule has 1 fully saturated rings. The molecular weight excluding hydrogens is 366 g/mol. The Bertz CT molecular complexity index is 939. The molecule has 1 heterocycles. The van der Waals surface area contributed by atoms with Crippen molar-refractivity contribution in [3.63, 3.8) is 0 Å². The van der Waals surface area contributed by atoms with Crippen LogP contribution in [0, 0.1) is 5.92 Å². The third-order valence-corrected chi connectivity index (χ3v) is 5.94. The summed E-state index contributed by atoms with van der Waals surface area (Å²) in [4.78, 5) is 0. The molecule has 0 radical (unpaired) electrons. The first kappa shape index (κ1) is 19.2. The van der Waals surface area contributed by atoms with Gasteiger partial charge in [0.1, 0.15) is 17.0 Å². The van der Waals surface area contributed by atoms with Gasteiger partial charge in [-0.15, -0.1) is 5.10 Å². The number of hydrogen-bond acceptors (Lipinski definition) is 6. The maximum atomic E-state index is 5.30. The van der Waals surface area contributed by atoms with Crippen molar-refractivity contribution in [2.45, 2.75) is 38.1 Å². The fourth-order valence-electron chi connectivity index (χ4n) is 4.22. The lowest BCUT2D eigenvalue weighted by molar-refractivity contribution is 0.215. The van der Waals surface area contributed by atoms with Gasteiger partial charge >= 0.3 is 0 Å². The van der Waals surface area contributed by atoms with Crippen LogP contribution in [-0.4, -0.2) is 34.4 Å². The summed E-state index contributed by atoms with van der Waals surface area (Å²) in [5.74, 6) is 2.86. The predicted octanol–water partition coefficient (Wildman–Crippen LogP) is 4.20. The SMILES string of the molecule is COc1ccc(N[C@]2(c3nnnn3-c3ccc(OC)cc3)CCCC[C@@H]2C)cc1. The highest BCUT2D eigenvalue weighted by atomic mass is 16.5. The van der Waals surface area contributed by atoms with Crippen molar-refractivity contribution in [2.75, 3.05) is 19.5 Å². The Morgan fingerprint density at radius 2 is 1.62 bits per heavy atom. The molecule has 0 spiro atoms. The van der Waals surface area contributed by atoms with Gasteiger partial charge in [-0.1, -0.05) is 19.8 Å². The summed E-state index contributed by atoms with van der Waals surface area (Å²) in [6.07, 6.45) is 4.44. The van der Waals surface area contributed by atoms with Crippen molar-refractivity contribution in [2.24, 2.45) is 5.92 Å². The maximum Gasteiger partial charge on any atom is 0.182 e. The van der Waals surface area contributed by atoms with E-state index in [1.807, 2.05) is 53.2 Å². The number of nitrogens with one attached hydrogen (secondary N) is 1. The van der Waals surface area contributed by atoms with E-state index < -0.39 is 0 Å². The standard InChI is InChI=1S/C22H27N5O2/c1-16-6-4-5-15-22(16,23-17-7-11-19(28-2)12-8-17)21-24-25-26-27(21)18-9-13-20(29-3)14-10-18/h7-14,16,23H,4-6,15H2,1-3H3/t16-,22+/m0/s1. The molecule has 0 amide bonds. The number of tetrazole rings is 1. The third kappa shape index (κ3) is 3.64. The summed E-state index contributed by atoms with van der Waals surface area (Å²) in [5.41, 5.74) is 1.60. The second-order valence-corrected chi connectivity index (χ2v) is 7.58. The van der Waals surface area contributed by atoms with Crippen molar-refractivity contribution in [1.82, 2.24) is 20.2 Å². The Hall–Kier alpha value is -3.09. The van der Waals surface area contributed by atoms with Crippen molar-refractivity contribution in [3.8, 4) is 17.2 Å². The number of hydrogen-bond donors (Lipinski definition) is 1. The van der Waals surface area contributed by atoms with Gasteiger partial charge in [-0.3, -0.25) is 0 Å². The number of ether oxygens (including phenoxy) is 2. The molecule has 0 aliphatic heterocycles. The number of rotatable bonds is 6. The highest BCUT2D eigenvalue weighted by molar-refractivity contribution is 5.50. The van der Waals surface area contributed by atoms with Gasteiger partial charge in [-0.25, -0.2) is 0 Å². The van der Waals surface area contributed by atoms with E-state index in [0.29, 0.717) is 5.92 Å². The van der Waals surface area contributed by atoms with Crippen molar-refractivity contribution >= 4 is 5.69 Å². The molecule has 7 nitrogen and oxygen atoms in total. The quantitative estimate of drug-likeness (QED) is 0.677. The lowest BCUT2D eigenvalue weighted by Gasteiger charge is -2.42. The molecule has 1 aliphatic rings. The average Bonchev–Trinajstić information content (AvgIpc) is 3.26. The zero-order chi connectivity index (χ0) is 20.3. The molecule has 0 unspecified atom stereocenters. The van der Waals surface area contributed by atoms with Gasteiger partial charge in [0.2, 0.25) is 0 Å². The molecule has 2 atom stereocenters. The molecule has 0 saturated heterocycles. The van der Waals surface area contributed by atoms with Crippen molar-refractivity contribution in [1.29, 1.82) is 0 Å². The molecular formula is C22H27N5O2. The summed E-state index contributed by atoms with van der Waals surface area (Å²) in [5, 5.41) is 16.6. The Morgan fingerprint density at radius 3 is 2.24 bits per heavy atom. The highest BCUT2D eigenvalue weighted by Crippen LogP contribution is 2.43. The van der Waals surface area contributed by atoms with Crippen molar-refractivity contribution < 1.29 is 9.47 Å². The fraction of sp³-hybridized carbons (Fsp3) is 0.409. The smallest absolute Gasteiger partial charge is 0.182 e. The first-order valence-corrected chi connectivity index (χ1v) is 10.0. The van der Waals surface area contributed by atoms with Crippen LogP contribution in [0.1, 0.15) is 38.4 Å². The van der Waals surface area contributed by atoms with Gasteiger partial charge in [0.15, 0.2) is 5.82 Å². The second-order valence-electron chi connectivity index (χ2n) is 7.58. The van der Waals surface area contributed by atoms with E-state index in [9.17, 15) is 0 Å². The summed E-state index contributed by atoms with van der Waals surface area (Å²) in [6, 6.07) is 15.8. The normalized spacial score (nSPS) is 21.6. The lowest BCUT2D eigenvalue weighted by Crippen LogP contribution is -2.46. The molecule has 1 saturated carbocycles. The van der Waals surface area contributed by atoms with Gasteiger partial charge in [-0.2, -0.15) is 4.68 Å². The molecule has 3 aromatic rings. The van der Waals surface area contributed by atoms with Crippen LogP contribution in [0.5, 0.6) is 11.5 Å². The monoisotopic (exact) mass is 393 g/mol. The van der Waals surface area contributed by atoms with Crippen LogP contribution in [0.25, 0.3) is 5.69 Å². The van der Waals surface area contributed by atoms with E-state index in [4.69, 9.17) is 9.47 Å². The summed E-state index contributed by atoms with van der Waals surface area (Å²) < 4.78 is 12.4. The average molecular weight is 393 g/mol. The van der Waals surface area contributed by atoms with E-state index in [2.05, 4.69) is 27.8 Å². The van der Waals surface area contributed by atoms with E-state index >= 15 is 0 Å². The molecule has 4 rings (SSSR count). The number of nitrogens with zero attached hydrogens (tertiary/aromatic N) is 4. The fourth-order valence-corrected chi connectivity index (χ4v) is 4.22. The van der Waals surface area contributed by atoms with E-state index in [-0.39, 0.29) is 5.54 Å². The lowest BCUT2D eigenvalue weighted by atomic mass is 9.72. The Morgan fingerprint density at radius 1 is 0.966 bits per heavy atom. The van der Waals surface area contributed by atoms with Crippen LogP contribution in [0.3, 0.4) is 0 Å². The molecule has 2 aromatic carbocycles. The zero-order valence-corrected chi connectivity index (χ0v) is 17.1. The number of aromatic nitrogens is 4. The van der Waals surface area contributed by atoms with Crippen LogP contribution >= 0.6 is 0 Å². The summed E-state index contributed by atoms with van der Waals surface area (Å²) in [6.45, 7) is 2.28. The van der Waals surface area contributed by atoms with Crippen LogP contribution in [-0.2, 0) is 5.54 Å². The van der Waals surface area contributed by atoms with E-state index in [1.165, 1.54) is 6.42 Å². The van der Waals surface area contributed by atoms with Crippen LogP contribution in [0.2, 0.25) is 0 Å². The molecule has 1 N–H and O–H groups in total. The molecule has 7 heteroatoms. The first-order valence-electron chi connectivity index (χ1n) is 10.0. The van der Waals surface area contributed by atoms with Crippen LogP contribution < -0.4 is 14.8 Å². The second kappa shape index (κ2) is 8.11. The minimum absolute atomic E-state index is 0.351. The van der Waals surface area contributed by atoms with Gasteiger partial charge in [0.05, 0.1) is 19.9 Å². The van der Waals surface area contributed by atoms with E-state index in [1.54, 1.807) is 14.2 Å². The molecule has 1 aliphatic carbocycles. The molecule has 0 bridgehead atoms. The van der Waals surface area contributed by atoms with Gasteiger partial charge in [0, 0.05) is 5.69 Å². The minimum atomic E-state index is -0.351. The third-order valence-electron chi connectivity index (χ3n) is 5.94. The Labute approximate surface area is 171 Å². The Kier molecular flexibility index (Phi) is 5.38. The minimum Gasteiger partial charge on any atom is -0.497 e. The number of anilines is 1. The molecule has 152 valence electrons. The van der Waals surface area contributed by atoms with Crippen LogP contribution in [0.15, 0.2) is 48.5 Å². The summed E-state index contributed by atoms with van der Waals surface area (Å²) in [7, 11) is 3.34. The first-order chi connectivity index (χ1) is 14.2. The predicted molar refractivity (Wildman–Crippen MR) is 112 cm³/mol. The highest BCUT2D eigenvalue weighted by Gasteiger charge is 2.44. The van der Waals surface area contributed by atoms with Crippen molar-refractivity contribution in [3.05, 3.63) is 54.4 Å². The largest absolute Gasteiger partial charge is 0.497 e.